The molecular formula is C18H18BrN3O2S2. The van der Waals surface area contributed by atoms with Crippen molar-refractivity contribution in [3.05, 3.63) is 64.8 Å². The minimum absolute atomic E-state index is 0.301. The van der Waals surface area contributed by atoms with Gasteiger partial charge in [-0.05, 0) is 35.4 Å². The SMILES string of the molecule is CN(C)S(=O)(=O)c1cccc(CSc2ncc(-c3ccc(Br)cc3)[nH]2)c1. The molecule has 0 unspecified atom stereocenters. The Hall–Kier alpha value is -1.61. The van der Waals surface area contributed by atoms with E-state index in [0.717, 1.165) is 26.4 Å². The van der Waals surface area contributed by atoms with Gasteiger partial charge in [-0.15, -0.1) is 0 Å². The van der Waals surface area contributed by atoms with Crippen LogP contribution in [0.1, 0.15) is 5.56 Å². The summed E-state index contributed by atoms with van der Waals surface area (Å²) in [5.41, 5.74) is 2.94. The van der Waals surface area contributed by atoms with Crippen molar-refractivity contribution in [2.45, 2.75) is 15.8 Å². The van der Waals surface area contributed by atoms with Crippen LogP contribution >= 0.6 is 27.7 Å². The molecule has 0 aliphatic rings. The molecule has 0 bridgehead atoms. The van der Waals surface area contributed by atoms with E-state index in [2.05, 4.69) is 25.9 Å². The molecule has 2 aromatic carbocycles. The van der Waals surface area contributed by atoms with E-state index >= 15 is 0 Å². The van der Waals surface area contributed by atoms with Crippen LogP contribution in [-0.2, 0) is 15.8 Å². The lowest BCUT2D eigenvalue weighted by molar-refractivity contribution is 0.520. The maximum atomic E-state index is 12.2. The summed E-state index contributed by atoms with van der Waals surface area (Å²) in [5, 5.41) is 0.795. The van der Waals surface area contributed by atoms with Crippen molar-refractivity contribution in [1.82, 2.24) is 14.3 Å². The van der Waals surface area contributed by atoms with E-state index in [1.807, 2.05) is 30.3 Å². The number of hydrogen-bond acceptors (Lipinski definition) is 4. The lowest BCUT2D eigenvalue weighted by atomic mass is 10.2. The Morgan fingerprint density at radius 2 is 1.88 bits per heavy atom. The minimum Gasteiger partial charge on any atom is -0.333 e. The zero-order valence-electron chi connectivity index (χ0n) is 14.3. The van der Waals surface area contributed by atoms with Crippen molar-refractivity contribution < 1.29 is 8.42 Å². The molecule has 26 heavy (non-hydrogen) atoms. The molecule has 0 fully saturated rings. The van der Waals surface area contributed by atoms with Crippen molar-refractivity contribution >= 4 is 37.7 Å². The standard InChI is InChI=1S/C18H18BrN3O2S2/c1-22(2)26(23,24)16-5-3-4-13(10-16)12-25-18-20-11-17(21-18)14-6-8-15(19)9-7-14/h3-11H,12H2,1-2H3,(H,20,21). The number of halogens is 1. The van der Waals surface area contributed by atoms with Gasteiger partial charge in [-0.25, -0.2) is 17.7 Å². The molecule has 3 aromatic rings. The smallest absolute Gasteiger partial charge is 0.242 e. The van der Waals surface area contributed by atoms with Crippen LogP contribution in [-0.4, -0.2) is 36.8 Å². The largest absolute Gasteiger partial charge is 0.333 e. The number of H-pyrrole nitrogens is 1. The molecule has 0 amide bonds. The summed E-state index contributed by atoms with van der Waals surface area (Å²) in [6.45, 7) is 0. The molecule has 0 atom stereocenters. The Kier molecular flexibility index (Phi) is 5.86. The van der Waals surface area contributed by atoms with Gasteiger partial charge in [0.15, 0.2) is 5.16 Å². The average molecular weight is 452 g/mol. The van der Waals surface area contributed by atoms with Crippen molar-refractivity contribution in [1.29, 1.82) is 0 Å². The first-order valence-corrected chi connectivity index (χ1v) is 11.0. The van der Waals surface area contributed by atoms with Crippen molar-refractivity contribution in [3.8, 4) is 11.3 Å². The third kappa shape index (κ3) is 4.37. The molecule has 0 saturated carbocycles. The van der Waals surface area contributed by atoms with Gasteiger partial charge in [-0.3, -0.25) is 0 Å². The second-order valence-electron chi connectivity index (χ2n) is 5.83. The third-order valence-corrected chi connectivity index (χ3v) is 7.06. The Morgan fingerprint density at radius 1 is 1.15 bits per heavy atom. The predicted octanol–water partition coefficient (Wildman–Crippen LogP) is 4.38. The summed E-state index contributed by atoms with van der Waals surface area (Å²) < 4.78 is 26.7. The number of aromatic amines is 1. The van der Waals surface area contributed by atoms with Gasteiger partial charge in [-0.1, -0.05) is 52.0 Å². The predicted molar refractivity (Wildman–Crippen MR) is 109 cm³/mol. The van der Waals surface area contributed by atoms with E-state index in [4.69, 9.17) is 0 Å². The highest BCUT2D eigenvalue weighted by Gasteiger charge is 2.17. The number of hydrogen-bond donors (Lipinski definition) is 1. The number of nitrogens with zero attached hydrogens (tertiary/aromatic N) is 2. The van der Waals surface area contributed by atoms with Crippen LogP contribution in [0.4, 0.5) is 0 Å². The van der Waals surface area contributed by atoms with E-state index in [1.165, 1.54) is 30.2 Å². The first-order chi connectivity index (χ1) is 12.4. The quantitative estimate of drug-likeness (QED) is 0.564. The van der Waals surface area contributed by atoms with Crippen LogP contribution in [0.25, 0.3) is 11.3 Å². The van der Waals surface area contributed by atoms with Crippen LogP contribution < -0.4 is 0 Å². The first-order valence-electron chi connectivity index (χ1n) is 7.81. The number of imidazole rings is 1. The summed E-state index contributed by atoms with van der Waals surface area (Å²) in [4.78, 5) is 7.99. The van der Waals surface area contributed by atoms with Gasteiger partial charge in [0, 0.05) is 24.3 Å². The van der Waals surface area contributed by atoms with Crippen LogP contribution in [0.5, 0.6) is 0 Å². The topological polar surface area (TPSA) is 66.1 Å². The van der Waals surface area contributed by atoms with Gasteiger partial charge in [0.1, 0.15) is 0 Å². The number of rotatable bonds is 6. The third-order valence-electron chi connectivity index (χ3n) is 3.76. The van der Waals surface area contributed by atoms with Crippen molar-refractivity contribution in [3.63, 3.8) is 0 Å². The lowest BCUT2D eigenvalue weighted by Gasteiger charge is -2.12. The fourth-order valence-corrected chi connectivity index (χ4v) is 4.34. The highest BCUT2D eigenvalue weighted by Crippen LogP contribution is 2.26. The highest BCUT2D eigenvalue weighted by atomic mass is 79.9. The molecule has 136 valence electrons. The molecular weight excluding hydrogens is 434 g/mol. The second-order valence-corrected chi connectivity index (χ2v) is 9.86. The fourth-order valence-electron chi connectivity index (χ4n) is 2.31. The number of benzene rings is 2. The fraction of sp³-hybridized carbons (Fsp3) is 0.167. The molecule has 0 saturated heterocycles. The first kappa shape index (κ1) is 19.2. The second kappa shape index (κ2) is 7.96. The minimum atomic E-state index is -3.42. The zero-order chi connectivity index (χ0) is 18.7. The number of aromatic nitrogens is 2. The number of nitrogens with one attached hydrogen (secondary N) is 1. The summed E-state index contributed by atoms with van der Waals surface area (Å²) in [6, 6.07) is 15.0. The summed E-state index contributed by atoms with van der Waals surface area (Å²) in [6.07, 6.45) is 1.80. The van der Waals surface area contributed by atoms with Crippen molar-refractivity contribution in [2.75, 3.05) is 14.1 Å². The molecule has 1 N–H and O–H groups in total. The molecule has 1 aromatic heterocycles. The molecule has 8 heteroatoms. The molecule has 0 radical (unpaired) electrons. The highest BCUT2D eigenvalue weighted by molar-refractivity contribution is 9.10. The van der Waals surface area contributed by atoms with E-state index < -0.39 is 10.0 Å². The normalized spacial score (nSPS) is 11.8. The van der Waals surface area contributed by atoms with Gasteiger partial charge in [-0.2, -0.15) is 0 Å². The Bertz CT molecular complexity index is 999. The van der Waals surface area contributed by atoms with Crippen LogP contribution in [0.2, 0.25) is 0 Å². The zero-order valence-corrected chi connectivity index (χ0v) is 17.5. The van der Waals surface area contributed by atoms with E-state index in [0.29, 0.717) is 10.6 Å². The van der Waals surface area contributed by atoms with Gasteiger partial charge in [0.05, 0.1) is 16.8 Å². The average Bonchev–Trinajstić information content (AvgIpc) is 3.10. The van der Waals surface area contributed by atoms with Crippen LogP contribution in [0.15, 0.2) is 69.3 Å². The van der Waals surface area contributed by atoms with E-state index in [-0.39, 0.29) is 0 Å². The van der Waals surface area contributed by atoms with Crippen LogP contribution in [0, 0.1) is 0 Å². The summed E-state index contributed by atoms with van der Waals surface area (Å²) >= 11 is 4.96. The van der Waals surface area contributed by atoms with Gasteiger partial charge < -0.3 is 4.98 Å². The molecule has 3 rings (SSSR count). The van der Waals surface area contributed by atoms with Crippen molar-refractivity contribution in [2.24, 2.45) is 0 Å². The maximum Gasteiger partial charge on any atom is 0.242 e. The van der Waals surface area contributed by atoms with Gasteiger partial charge >= 0.3 is 0 Å². The maximum absolute atomic E-state index is 12.2. The van der Waals surface area contributed by atoms with Gasteiger partial charge in [0.2, 0.25) is 10.0 Å². The Labute approximate surface area is 166 Å². The van der Waals surface area contributed by atoms with Crippen LogP contribution in [0.3, 0.4) is 0 Å². The molecule has 0 aliphatic heterocycles. The monoisotopic (exact) mass is 451 g/mol. The number of sulfonamides is 1. The number of thioether (sulfide) groups is 1. The molecule has 5 nitrogen and oxygen atoms in total. The molecule has 1 heterocycles. The molecule has 0 spiro atoms. The Morgan fingerprint density at radius 3 is 2.58 bits per heavy atom. The lowest BCUT2D eigenvalue weighted by Crippen LogP contribution is -2.22. The van der Waals surface area contributed by atoms with E-state index in [9.17, 15) is 8.42 Å². The summed E-state index contributed by atoms with van der Waals surface area (Å²) in [5.74, 6) is 0.629. The summed E-state index contributed by atoms with van der Waals surface area (Å²) in [7, 11) is -0.359. The van der Waals surface area contributed by atoms with Gasteiger partial charge in [0.25, 0.3) is 0 Å². The Balaban J connectivity index is 1.71. The molecule has 0 aliphatic carbocycles. The van der Waals surface area contributed by atoms with E-state index in [1.54, 1.807) is 24.4 Å².